The van der Waals surface area contributed by atoms with Gasteiger partial charge in [0.2, 0.25) is 0 Å². The van der Waals surface area contributed by atoms with Crippen LogP contribution in [0.15, 0.2) is 30.3 Å². The maximum absolute atomic E-state index is 11.4. The number of hydrogen-bond acceptors (Lipinski definition) is 3. The van der Waals surface area contributed by atoms with Crippen molar-refractivity contribution in [3.8, 4) is 5.75 Å². The molecule has 1 saturated heterocycles. The van der Waals surface area contributed by atoms with Crippen molar-refractivity contribution < 1.29 is 9.53 Å². The van der Waals surface area contributed by atoms with Crippen molar-refractivity contribution >= 4 is 6.09 Å². The molecule has 0 bridgehead atoms. The maximum Gasteiger partial charge on any atom is 0.412 e. The number of amides is 1. The number of para-hydroxylation sites is 1. The highest BCUT2D eigenvalue weighted by Crippen LogP contribution is 2.09. The number of carbonyl (C=O) groups excluding carboxylic acids is 1. The largest absolute Gasteiger partial charge is 0.412 e. The van der Waals surface area contributed by atoms with Gasteiger partial charge in [0, 0.05) is 12.6 Å². The molecular formula is C13H18N2O2. The first-order chi connectivity index (χ1) is 8.34. The van der Waals surface area contributed by atoms with E-state index < -0.39 is 0 Å². The van der Waals surface area contributed by atoms with Crippen LogP contribution in [0.3, 0.4) is 0 Å². The molecule has 0 radical (unpaired) electrons. The highest BCUT2D eigenvalue weighted by atomic mass is 16.5. The van der Waals surface area contributed by atoms with Gasteiger partial charge in [0.25, 0.3) is 0 Å². The third kappa shape index (κ3) is 4.07. The SMILES string of the molecule is O=C(NCC[C@H]1CCCN1)Oc1ccccc1. The van der Waals surface area contributed by atoms with Crippen LogP contribution in [-0.2, 0) is 0 Å². The average Bonchev–Trinajstić information content (AvgIpc) is 2.83. The van der Waals surface area contributed by atoms with E-state index in [9.17, 15) is 4.79 Å². The molecule has 2 N–H and O–H groups in total. The summed E-state index contributed by atoms with van der Waals surface area (Å²) in [6.45, 7) is 1.75. The normalized spacial score (nSPS) is 18.9. The van der Waals surface area contributed by atoms with Gasteiger partial charge < -0.3 is 15.4 Å². The lowest BCUT2D eigenvalue weighted by atomic mass is 10.2. The van der Waals surface area contributed by atoms with E-state index in [0.717, 1.165) is 13.0 Å². The second-order valence-electron chi connectivity index (χ2n) is 4.21. The van der Waals surface area contributed by atoms with Crippen LogP contribution < -0.4 is 15.4 Å². The molecule has 1 aliphatic heterocycles. The van der Waals surface area contributed by atoms with Crippen molar-refractivity contribution in [3.05, 3.63) is 30.3 Å². The molecule has 0 unspecified atom stereocenters. The molecule has 1 heterocycles. The van der Waals surface area contributed by atoms with Gasteiger partial charge in [0.1, 0.15) is 5.75 Å². The summed E-state index contributed by atoms with van der Waals surface area (Å²) in [5, 5.41) is 6.14. The number of hydrogen-bond donors (Lipinski definition) is 2. The third-order valence-electron chi connectivity index (χ3n) is 2.88. The zero-order chi connectivity index (χ0) is 11.9. The summed E-state index contributed by atoms with van der Waals surface area (Å²) in [4.78, 5) is 11.4. The molecule has 4 heteroatoms. The molecule has 17 heavy (non-hydrogen) atoms. The Morgan fingerprint density at radius 3 is 2.94 bits per heavy atom. The summed E-state index contributed by atoms with van der Waals surface area (Å²) in [5.74, 6) is 0.573. The van der Waals surface area contributed by atoms with Crippen LogP contribution >= 0.6 is 0 Å². The van der Waals surface area contributed by atoms with Gasteiger partial charge in [-0.25, -0.2) is 4.79 Å². The van der Waals surface area contributed by atoms with Gasteiger partial charge in [-0.3, -0.25) is 0 Å². The molecule has 1 aliphatic rings. The van der Waals surface area contributed by atoms with Crippen LogP contribution in [0.1, 0.15) is 19.3 Å². The van der Waals surface area contributed by atoms with Gasteiger partial charge >= 0.3 is 6.09 Å². The Kier molecular flexibility index (Phi) is 4.38. The first-order valence-corrected chi connectivity index (χ1v) is 6.09. The lowest BCUT2D eigenvalue weighted by molar-refractivity contribution is 0.200. The first kappa shape index (κ1) is 11.9. The topological polar surface area (TPSA) is 50.4 Å². The average molecular weight is 234 g/mol. The Morgan fingerprint density at radius 1 is 1.41 bits per heavy atom. The standard InChI is InChI=1S/C13H18N2O2/c16-13(17-12-6-2-1-3-7-12)15-10-8-11-5-4-9-14-11/h1-3,6-7,11,14H,4-5,8-10H2,(H,15,16)/t11-/m1/s1. The molecule has 2 rings (SSSR count). The van der Waals surface area contributed by atoms with Gasteiger partial charge in [-0.1, -0.05) is 18.2 Å². The van der Waals surface area contributed by atoms with Crippen LogP contribution in [0.5, 0.6) is 5.75 Å². The minimum atomic E-state index is -0.380. The fraction of sp³-hybridized carbons (Fsp3) is 0.462. The summed E-state index contributed by atoms with van der Waals surface area (Å²) in [5.41, 5.74) is 0. The van der Waals surface area contributed by atoms with Gasteiger partial charge in [0.15, 0.2) is 0 Å². The predicted octanol–water partition coefficient (Wildman–Crippen LogP) is 1.92. The van der Waals surface area contributed by atoms with Crippen LogP contribution in [-0.4, -0.2) is 25.2 Å². The highest BCUT2D eigenvalue weighted by Gasteiger charge is 2.13. The van der Waals surface area contributed by atoms with Gasteiger partial charge in [-0.05, 0) is 37.9 Å². The summed E-state index contributed by atoms with van der Waals surface area (Å²) in [6.07, 6.45) is 3.02. The number of carbonyl (C=O) groups is 1. The fourth-order valence-corrected chi connectivity index (χ4v) is 1.98. The van der Waals surface area contributed by atoms with Crippen LogP contribution in [0.25, 0.3) is 0 Å². The number of rotatable bonds is 4. The Hall–Kier alpha value is -1.55. The molecule has 0 aromatic heterocycles. The van der Waals surface area contributed by atoms with E-state index in [1.807, 2.05) is 18.2 Å². The Morgan fingerprint density at radius 2 is 2.24 bits per heavy atom. The van der Waals surface area contributed by atoms with E-state index in [0.29, 0.717) is 18.3 Å². The van der Waals surface area contributed by atoms with Gasteiger partial charge in [0.05, 0.1) is 0 Å². The molecule has 4 nitrogen and oxygen atoms in total. The Bertz CT molecular complexity index is 348. The summed E-state index contributed by atoms with van der Waals surface area (Å²) < 4.78 is 5.11. The number of ether oxygens (including phenoxy) is 1. The minimum absolute atomic E-state index is 0.380. The minimum Gasteiger partial charge on any atom is -0.410 e. The molecule has 1 aromatic rings. The molecule has 92 valence electrons. The Balaban J connectivity index is 1.64. The second-order valence-corrected chi connectivity index (χ2v) is 4.21. The lowest BCUT2D eigenvalue weighted by Gasteiger charge is -2.10. The second kappa shape index (κ2) is 6.25. The molecule has 1 atom stereocenters. The fourth-order valence-electron chi connectivity index (χ4n) is 1.98. The van der Waals surface area contributed by atoms with E-state index in [4.69, 9.17) is 4.74 Å². The van der Waals surface area contributed by atoms with E-state index in [-0.39, 0.29) is 6.09 Å². The van der Waals surface area contributed by atoms with E-state index >= 15 is 0 Å². The third-order valence-corrected chi connectivity index (χ3v) is 2.88. The number of nitrogens with one attached hydrogen (secondary N) is 2. The summed E-state index contributed by atoms with van der Waals surface area (Å²) in [6, 6.07) is 9.63. The molecule has 0 saturated carbocycles. The zero-order valence-corrected chi connectivity index (χ0v) is 9.82. The van der Waals surface area contributed by atoms with Crippen LogP contribution in [0, 0.1) is 0 Å². The Labute approximate surface area is 101 Å². The monoisotopic (exact) mass is 234 g/mol. The predicted molar refractivity (Wildman–Crippen MR) is 66.1 cm³/mol. The van der Waals surface area contributed by atoms with Crippen molar-refractivity contribution in [1.82, 2.24) is 10.6 Å². The van der Waals surface area contributed by atoms with E-state index in [1.165, 1.54) is 12.8 Å². The lowest BCUT2D eigenvalue weighted by Crippen LogP contribution is -2.32. The molecule has 1 amide bonds. The maximum atomic E-state index is 11.4. The zero-order valence-electron chi connectivity index (χ0n) is 9.82. The van der Waals surface area contributed by atoms with Gasteiger partial charge in [-0.15, -0.1) is 0 Å². The highest BCUT2D eigenvalue weighted by molar-refractivity contribution is 5.70. The summed E-state index contributed by atoms with van der Waals surface area (Å²) >= 11 is 0. The number of benzene rings is 1. The van der Waals surface area contributed by atoms with Crippen LogP contribution in [0.4, 0.5) is 4.79 Å². The van der Waals surface area contributed by atoms with E-state index in [1.54, 1.807) is 12.1 Å². The van der Waals surface area contributed by atoms with Gasteiger partial charge in [-0.2, -0.15) is 0 Å². The molecule has 0 spiro atoms. The molecular weight excluding hydrogens is 216 g/mol. The molecule has 1 aromatic carbocycles. The molecule has 1 fully saturated rings. The summed E-state index contributed by atoms with van der Waals surface area (Å²) in [7, 11) is 0. The van der Waals surface area contributed by atoms with Crippen molar-refractivity contribution in [2.75, 3.05) is 13.1 Å². The first-order valence-electron chi connectivity index (χ1n) is 6.09. The van der Waals surface area contributed by atoms with Crippen molar-refractivity contribution in [2.45, 2.75) is 25.3 Å². The van der Waals surface area contributed by atoms with Crippen LogP contribution in [0.2, 0.25) is 0 Å². The van der Waals surface area contributed by atoms with Crippen molar-refractivity contribution in [2.24, 2.45) is 0 Å². The van der Waals surface area contributed by atoms with E-state index in [2.05, 4.69) is 10.6 Å². The quantitative estimate of drug-likeness (QED) is 0.836. The van der Waals surface area contributed by atoms with Crippen molar-refractivity contribution in [1.29, 1.82) is 0 Å². The molecule has 0 aliphatic carbocycles. The smallest absolute Gasteiger partial charge is 0.410 e. The van der Waals surface area contributed by atoms with Crippen molar-refractivity contribution in [3.63, 3.8) is 0 Å².